The molecule has 0 unspecified atom stereocenters. The fraction of sp³-hybridized carbons (Fsp3) is 0.353. The lowest BCUT2D eigenvalue weighted by Gasteiger charge is -2.20. The molecule has 4 rings (SSSR count). The Hall–Kier alpha value is -2.63. The highest BCUT2D eigenvalue weighted by atomic mass is 16.2. The minimum Gasteiger partial charge on any atom is -0.330 e. The summed E-state index contributed by atoms with van der Waals surface area (Å²) in [7, 11) is 1.71. The maximum absolute atomic E-state index is 12.9. The maximum Gasteiger partial charge on any atom is 0.256 e. The number of benzene rings is 1. The average molecular weight is 310 g/mol. The number of rotatable bonds is 3. The second-order valence-electron chi connectivity index (χ2n) is 6.11. The van der Waals surface area contributed by atoms with Crippen molar-refractivity contribution in [1.82, 2.24) is 14.5 Å². The van der Waals surface area contributed by atoms with Crippen molar-refractivity contribution in [3.05, 3.63) is 48.0 Å². The Morgan fingerprint density at radius 3 is 2.78 bits per heavy atom. The zero-order valence-electron chi connectivity index (χ0n) is 13.0. The van der Waals surface area contributed by atoms with Gasteiger partial charge in [-0.15, -0.1) is 0 Å². The summed E-state index contributed by atoms with van der Waals surface area (Å²) in [6, 6.07) is 7.74. The Bertz CT molecular complexity index is 778. The summed E-state index contributed by atoms with van der Waals surface area (Å²) in [6.07, 6.45) is 6.03. The third-order valence-electron chi connectivity index (χ3n) is 4.50. The number of anilines is 1. The minimum absolute atomic E-state index is 0.0710. The lowest BCUT2D eigenvalue weighted by molar-refractivity contribution is -0.119. The first-order valence-corrected chi connectivity index (χ1v) is 7.81. The molecule has 0 saturated heterocycles. The predicted molar refractivity (Wildman–Crippen MR) is 85.1 cm³/mol. The van der Waals surface area contributed by atoms with E-state index >= 15 is 0 Å². The van der Waals surface area contributed by atoms with Crippen LogP contribution >= 0.6 is 0 Å². The van der Waals surface area contributed by atoms with E-state index in [1.54, 1.807) is 35.2 Å². The molecule has 0 atom stereocenters. The number of nitrogens with zero attached hydrogens (tertiary/aromatic N) is 4. The SMILES string of the molecule is CN1C(=O)CN(Cc2nccn2C2CC2)C(=O)c2ccccc21. The second kappa shape index (κ2) is 5.22. The zero-order valence-corrected chi connectivity index (χ0v) is 13.0. The number of aromatic nitrogens is 2. The summed E-state index contributed by atoms with van der Waals surface area (Å²) in [5.41, 5.74) is 1.22. The van der Waals surface area contributed by atoms with Gasteiger partial charge in [-0.1, -0.05) is 12.1 Å². The molecule has 0 spiro atoms. The van der Waals surface area contributed by atoms with Gasteiger partial charge in [0.2, 0.25) is 5.91 Å². The molecular formula is C17H18N4O2. The molecule has 23 heavy (non-hydrogen) atoms. The normalized spacial score (nSPS) is 18.1. The molecule has 118 valence electrons. The number of hydrogen-bond acceptors (Lipinski definition) is 3. The second-order valence-corrected chi connectivity index (χ2v) is 6.11. The summed E-state index contributed by atoms with van der Waals surface area (Å²) in [5, 5.41) is 0. The Labute approximate surface area is 134 Å². The maximum atomic E-state index is 12.9. The number of imidazole rings is 1. The van der Waals surface area contributed by atoms with E-state index < -0.39 is 0 Å². The van der Waals surface area contributed by atoms with Gasteiger partial charge in [-0.25, -0.2) is 4.98 Å². The molecule has 2 heterocycles. The van der Waals surface area contributed by atoms with Gasteiger partial charge in [0.05, 0.1) is 17.8 Å². The van der Waals surface area contributed by atoms with Gasteiger partial charge in [-0.3, -0.25) is 9.59 Å². The van der Waals surface area contributed by atoms with Gasteiger partial charge in [0.25, 0.3) is 5.91 Å². The van der Waals surface area contributed by atoms with Crippen LogP contribution in [0.25, 0.3) is 0 Å². The van der Waals surface area contributed by atoms with Crippen LogP contribution in [-0.2, 0) is 11.3 Å². The van der Waals surface area contributed by atoms with E-state index in [-0.39, 0.29) is 18.4 Å². The highest BCUT2D eigenvalue weighted by molar-refractivity contribution is 6.09. The van der Waals surface area contributed by atoms with Crippen LogP contribution in [0.2, 0.25) is 0 Å². The largest absolute Gasteiger partial charge is 0.330 e. The number of carbonyl (C=O) groups is 2. The van der Waals surface area contributed by atoms with E-state index in [1.165, 1.54) is 0 Å². The van der Waals surface area contributed by atoms with Gasteiger partial charge in [-0.05, 0) is 25.0 Å². The quantitative estimate of drug-likeness (QED) is 0.869. The molecule has 0 radical (unpaired) electrons. The monoisotopic (exact) mass is 310 g/mol. The molecule has 1 aromatic carbocycles. The number of carbonyl (C=O) groups excluding carboxylic acids is 2. The summed E-state index contributed by atoms with van der Waals surface area (Å²) in [5.74, 6) is 0.632. The number of fused-ring (bicyclic) bond motifs is 1. The van der Waals surface area contributed by atoms with Crippen LogP contribution in [0, 0.1) is 0 Å². The molecule has 1 aromatic heterocycles. The van der Waals surface area contributed by atoms with Crippen LogP contribution in [-0.4, -0.2) is 39.9 Å². The molecule has 1 aliphatic carbocycles. The molecule has 1 fully saturated rings. The summed E-state index contributed by atoms with van der Waals surface area (Å²) >= 11 is 0. The predicted octanol–water partition coefficient (Wildman–Crippen LogP) is 1.84. The first-order valence-electron chi connectivity index (χ1n) is 7.81. The Kier molecular flexibility index (Phi) is 3.18. The van der Waals surface area contributed by atoms with Crippen LogP contribution in [0.4, 0.5) is 5.69 Å². The van der Waals surface area contributed by atoms with Gasteiger partial charge in [0.15, 0.2) is 0 Å². The van der Waals surface area contributed by atoms with E-state index in [9.17, 15) is 9.59 Å². The van der Waals surface area contributed by atoms with Gasteiger partial charge in [0, 0.05) is 25.5 Å². The van der Waals surface area contributed by atoms with Crippen LogP contribution in [0.5, 0.6) is 0 Å². The van der Waals surface area contributed by atoms with E-state index in [2.05, 4.69) is 9.55 Å². The minimum atomic E-state index is -0.122. The third kappa shape index (κ3) is 2.40. The highest BCUT2D eigenvalue weighted by Crippen LogP contribution is 2.36. The summed E-state index contributed by atoms with van der Waals surface area (Å²) < 4.78 is 2.12. The smallest absolute Gasteiger partial charge is 0.256 e. The lowest BCUT2D eigenvalue weighted by atomic mass is 10.1. The van der Waals surface area contributed by atoms with Crippen molar-refractivity contribution < 1.29 is 9.59 Å². The Balaban J connectivity index is 1.67. The number of para-hydroxylation sites is 1. The van der Waals surface area contributed by atoms with Gasteiger partial charge >= 0.3 is 0 Å². The van der Waals surface area contributed by atoms with Crippen LogP contribution in [0.15, 0.2) is 36.7 Å². The van der Waals surface area contributed by atoms with Crippen molar-refractivity contribution in [3.8, 4) is 0 Å². The zero-order chi connectivity index (χ0) is 16.0. The molecule has 2 aromatic rings. The standard InChI is InChI=1S/C17H18N4O2/c1-19-14-5-3-2-4-13(14)17(23)20(11-16(19)22)10-15-18-8-9-21(15)12-6-7-12/h2-5,8-9,12H,6-7,10-11H2,1H3. The third-order valence-corrected chi connectivity index (χ3v) is 4.50. The molecular weight excluding hydrogens is 292 g/mol. The first kappa shape index (κ1) is 14.0. The van der Waals surface area contributed by atoms with E-state index in [4.69, 9.17) is 0 Å². The summed E-state index contributed by atoms with van der Waals surface area (Å²) in [4.78, 5) is 32.8. The van der Waals surface area contributed by atoms with Crippen molar-refractivity contribution in [1.29, 1.82) is 0 Å². The summed E-state index contributed by atoms with van der Waals surface area (Å²) in [6.45, 7) is 0.428. The number of hydrogen-bond donors (Lipinski definition) is 0. The van der Waals surface area contributed by atoms with Gasteiger partial charge in [0.1, 0.15) is 12.4 Å². The van der Waals surface area contributed by atoms with E-state index in [1.807, 2.05) is 18.3 Å². The van der Waals surface area contributed by atoms with Crippen molar-refractivity contribution in [2.24, 2.45) is 0 Å². The highest BCUT2D eigenvalue weighted by Gasteiger charge is 2.31. The van der Waals surface area contributed by atoms with Crippen LogP contribution in [0.1, 0.15) is 35.1 Å². The van der Waals surface area contributed by atoms with E-state index in [0.717, 1.165) is 18.7 Å². The van der Waals surface area contributed by atoms with Crippen molar-refractivity contribution in [2.75, 3.05) is 18.5 Å². The molecule has 1 saturated carbocycles. The Morgan fingerprint density at radius 1 is 1.22 bits per heavy atom. The fourth-order valence-electron chi connectivity index (χ4n) is 3.04. The van der Waals surface area contributed by atoms with E-state index in [0.29, 0.717) is 23.8 Å². The molecule has 2 amide bonds. The van der Waals surface area contributed by atoms with Crippen LogP contribution in [0.3, 0.4) is 0 Å². The van der Waals surface area contributed by atoms with Crippen molar-refractivity contribution >= 4 is 17.5 Å². The molecule has 0 bridgehead atoms. The Morgan fingerprint density at radius 2 is 2.00 bits per heavy atom. The average Bonchev–Trinajstić information content (AvgIpc) is 3.32. The molecule has 6 heteroatoms. The van der Waals surface area contributed by atoms with Gasteiger partial charge in [-0.2, -0.15) is 0 Å². The molecule has 0 N–H and O–H groups in total. The molecule has 1 aliphatic heterocycles. The topological polar surface area (TPSA) is 58.4 Å². The number of amides is 2. The molecule has 2 aliphatic rings. The molecule has 6 nitrogen and oxygen atoms in total. The van der Waals surface area contributed by atoms with Crippen LogP contribution < -0.4 is 4.90 Å². The van der Waals surface area contributed by atoms with Gasteiger partial charge < -0.3 is 14.4 Å². The van der Waals surface area contributed by atoms with Crippen molar-refractivity contribution in [2.45, 2.75) is 25.4 Å². The fourth-order valence-corrected chi connectivity index (χ4v) is 3.04. The first-order chi connectivity index (χ1) is 11.1. The lowest BCUT2D eigenvalue weighted by Crippen LogP contribution is -2.38. The van der Waals surface area contributed by atoms with Crippen molar-refractivity contribution in [3.63, 3.8) is 0 Å². The number of likely N-dealkylation sites (N-methyl/N-ethyl adjacent to an activating group) is 1.